The largest absolute Gasteiger partial charge is 0.486 e. The summed E-state index contributed by atoms with van der Waals surface area (Å²) in [4.78, 5) is 23.1. The standard InChI is InChI=1S/C16H10F4O4/c17-9-1-10(18)4-14(3-9)23-8-13(21)7-16(22)24-15-5-11(19)2-12(20)6-15/h1-6H,7-8H2. The van der Waals surface area contributed by atoms with Crippen molar-refractivity contribution in [3.8, 4) is 11.5 Å². The number of benzene rings is 2. The second-order valence-corrected chi connectivity index (χ2v) is 4.69. The molecule has 0 amide bonds. The van der Waals surface area contributed by atoms with Gasteiger partial charge in [-0.05, 0) is 0 Å². The summed E-state index contributed by atoms with van der Waals surface area (Å²) in [6.45, 7) is -0.629. The van der Waals surface area contributed by atoms with Crippen LogP contribution in [0, 0.1) is 23.3 Å². The first-order valence-electron chi connectivity index (χ1n) is 6.59. The minimum absolute atomic E-state index is 0.221. The maximum Gasteiger partial charge on any atom is 0.318 e. The molecule has 0 saturated heterocycles. The fraction of sp³-hybridized carbons (Fsp3) is 0.125. The topological polar surface area (TPSA) is 52.6 Å². The SMILES string of the molecule is O=C(COc1cc(F)cc(F)c1)CC(=O)Oc1cc(F)cc(F)c1. The van der Waals surface area contributed by atoms with Gasteiger partial charge in [-0.15, -0.1) is 0 Å². The normalized spacial score (nSPS) is 10.3. The summed E-state index contributed by atoms with van der Waals surface area (Å²) in [7, 11) is 0. The molecular weight excluding hydrogens is 332 g/mol. The smallest absolute Gasteiger partial charge is 0.318 e. The molecule has 0 spiro atoms. The van der Waals surface area contributed by atoms with Crippen molar-refractivity contribution in [3.05, 3.63) is 59.7 Å². The summed E-state index contributed by atoms with van der Waals surface area (Å²) in [5.74, 6) is -6.07. The van der Waals surface area contributed by atoms with Crippen molar-refractivity contribution in [1.82, 2.24) is 0 Å². The molecule has 0 saturated carbocycles. The molecule has 24 heavy (non-hydrogen) atoms. The van der Waals surface area contributed by atoms with Gasteiger partial charge in [-0.3, -0.25) is 9.59 Å². The summed E-state index contributed by atoms with van der Waals surface area (Å²) >= 11 is 0. The molecule has 0 heterocycles. The predicted molar refractivity (Wildman–Crippen MR) is 73.5 cm³/mol. The highest BCUT2D eigenvalue weighted by molar-refractivity contribution is 5.97. The maximum absolute atomic E-state index is 12.9. The Bertz CT molecular complexity index is 736. The fourth-order valence-electron chi connectivity index (χ4n) is 1.74. The number of carbonyl (C=O) groups excluding carboxylic acids is 2. The third-order valence-electron chi connectivity index (χ3n) is 2.65. The van der Waals surface area contributed by atoms with Crippen LogP contribution in [0.15, 0.2) is 36.4 Å². The highest BCUT2D eigenvalue weighted by atomic mass is 19.1. The molecule has 0 aliphatic heterocycles. The Balaban J connectivity index is 1.86. The number of hydrogen-bond donors (Lipinski definition) is 0. The van der Waals surface area contributed by atoms with Gasteiger partial charge in [0.05, 0.1) is 0 Å². The van der Waals surface area contributed by atoms with E-state index in [1.165, 1.54) is 0 Å². The second-order valence-electron chi connectivity index (χ2n) is 4.69. The monoisotopic (exact) mass is 342 g/mol. The van der Waals surface area contributed by atoms with Crippen LogP contribution < -0.4 is 9.47 Å². The summed E-state index contributed by atoms with van der Waals surface area (Å²) in [5, 5.41) is 0. The third kappa shape index (κ3) is 5.38. The minimum Gasteiger partial charge on any atom is -0.486 e. The first kappa shape index (κ1) is 17.5. The van der Waals surface area contributed by atoms with E-state index in [2.05, 4.69) is 4.74 Å². The van der Waals surface area contributed by atoms with Gasteiger partial charge in [0.25, 0.3) is 0 Å². The van der Waals surface area contributed by atoms with Crippen LogP contribution in [0.1, 0.15) is 6.42 Å². The zero-order valence-corrected chi connectivity index (χ0v) is 12.0. The molecule has 0 fully saturated rings. The van der Waals surface area contributed by atoms with E-state index in [1.54, 1.807) is 0 Å². The summed E-state index contributed by atoms with van der Waals surface area (Å²) in [6, 6.07) is 4.50. The van der Waals surface area contributed by atoms with Crippen LogP contribution in [0.5, 0.6) is 11.5 Å². The Kier molecular flexibility index (Phi) is 5.51. The third-order valence-corrected chi connectivity index (χ3v) is 2.65. The number of ketones is 1. The Morgan fingerprint density at radius 3 is 1.71 bits per heavy atom. The van der Waals surface area contributed by atoms with Crippen LogP contribution in [0.3, 0.4) is 0 Å². The van der Waals surface area contributed by atoms with Gasteiger partial charge in [-0.25, -0.2) is 17.6 Å². The van der Waals surface area contributed by atoms with Gasteiger partial charge in [0.1, 0.15) is 47.8 Å². The Hall–Kier alpha value is -2.90. The van der Waals surface area contributed by atoms with Crippen molar-refractivity contribution < 1.29 is 36.6 Å². The molecule has 0 N–H and O–H groups in total. The zero-order valence-electron chi connectivity index (χ0n) is 12.0. The van der Waals surface area contributed by atoms with Gasteiger partial charge >= 0.3 is 5.97 Å². The number of esters is 1. The number of ether oxygens (including phenoxy) is 2. The van der Waals surface area contributed by atoms with Gasteiger partial charge in [-0.2, -0.15) is 0 Å². The van der Waals surface area contributed by atoms with Gasteiger partial charge in [0.2, 0.25) is 0 Å². The highest BCUT2D eigenvalue weighted by Crippen LogP contribution is 2.17. The van der Waals surface area contributed by atoms with Crippen LogP contribution >= 0.6 is 0 Å². The lowest BCUT2D eigenvalue weighted by Gasteiger charge is -2.07. The molecule has 2 aromatic carbocycles. The quantitative estimate of drug-likeness (QED) is 0.350. The van der Waals surface area contributed by atoms with Crippen molar-refractivity contribution >= 4 is 11.8 Å². The van der Waals surface area contributed by atoms with Crippen LogP contribution in [-0.4, -0.2) is 18.4 Å². The Labute approximate surface area is 133 Å². The van der Waals surface area contributed by atoms with Crippen LogP contribution in [0.25, 0.3) is 0 Å². The van der Waals surface area contributed by atoms with Crippen molar-refractivity contribution in [3.63, 3.8) is 0 Å². The number of carbonyl (C=O) groups is 2. The lowest BCUT2D eigenvalue weighted by Crippen LogP contribution is -2.19. The Morgan fingerprint density at radius 2 is 1.21 bits per heavy atom. The maximum atomic E-state index is 12.9. The number of rotatable bonds is 6. The molecule has 0 aliphatic rings. The highest BCUT2D eigenvalue weighted by Gasteiger charge is 2.14. The average Bonchev–Trinajstić information content (AvgIpc) is 2.42. The molecule has 0 aromatic heterocycles. The number of Topliss-reactive ketones (excluding diaryl/α,β-unsaturated/α-hetero) is 1. The van der Waals surface area contributed by atoms with Crippen molar-refractivity contribution in [1.29, 1.82) is 0 Å². The molecule has 8 heteroatoms. The molecule has 4 nitrogen and oxygen atoms in total. The molecule has 0 radical (unpaired) electrons. The summed E-state index contributed by atoms with van der Waals surface area (Å²) in [6.07, 6.45) is -0.740. The summed E-state index contributed by atoms with van der Waals surface area (Å²) in [5.41, 5.74) is 0. The first-order valence-corrected chi connectivity index (χ1v) is 6.59. The van der Waals surface area contributed by atoms with Gasteiger partial charge in [0.15, 0.2) is 5.78 Å². The first-order chi connectivity index (χ1) is 11.3. The van der Waals surface area contributed by atoms with Gasteiger partial charge in [0, 0.05) is 36.4 Å². The molecule has 126 valence electrons. The zero-order chi connectivity index (χ0) is 17.7. The van der Waals surface area contributed by atoms with E-state index in [-0.39, 0.29) is 5.75 Å². The van der Waals surface area contributed by atoms with Gasteiger partial charge in [-0.1, -0.05) is 0 Å². The molecule has 0 aliphatic carbocycles. The van der Waals surface area contributed by atoms with Crippen molar-refractivity contribution in [2.45, 2.75) is 6.42 Å². The van der Waals surface area contributed by atoms with E-state index < -0.39 is 53.8 Å². The van der Waals surface area contributed by atoms with E-state index >= 15 is 0 Å². The molecule has 2 rings (SSSR count). The lowest BCUT2D eigenvalue weighted by atomic mass is 10.3. The number of halogens is 4. The van der Waals surface area contributed by atoms with E-state index in [0.717, 1.165) is 24.3 Å². The van der Waals surface area contributed by atoms with Crippen molar-refractivity contribution in [2.75, 3.05) is 6.61 Å². The average molecular weight is 342 g/mol. The number of hydrogen-bond acceptors (Lipinski definition) is 4. The summed E-state index contributed by atoms with van der Waals surface area (Å²) < 4.78 is 61.2. The van der Waals surface area contributed by atoms with E-state index in [1.807, 2.05) is 0 Å². The molecular formula is C16H10F4O4. The van der Waals surface area contributed by atoms with Crippen LogP contribution in [-0.2, 0) is 9.59 Å². The fourth-order valence-corrected chi connectivity index (χ4v) is 1.74. The molecule has 0 atom stereocenters. The molecule has 2 aromatic rings. The molecule has 0 bridgehead atoms. The lowest BCUT2D eigenvalue weighted by molar-refractivity contribution is -0.138. The van der Waals surface area contributed by atoms with Crippen LogP contribution in [0.4, 0.5) is 17.6 Å². The van der Waals surface area contributed by atoms with Crippen molar-refractivity contribution in [2.24, 2.45) is 0 Å². The van der Waals surface area contributed by atoms with E-state index in [0.29, 0.717) is 12.1 Å². The Morgan fingerprint density at radius 1 is 0.750 bits per heavy atom. The minimum atomic E-state index is -1.06. The van der Waals surface area contributed by atoms with Gasteiger partial charge < -0.3 is 9.47 Å². The van der Waals surface area contributed by atoms with Crippen LogP contribution in [0.2, 0.25) is 0 Å². The second kappa shape index (κ2) is 7.58. The van der Waals surface area contributed by atoms with E-state index in [4.69, 9.17) is 4.74 Å². The predicted octanol–water partition coefficient (Wildman–Crippen LogP) is 3.19. The molecule has 0 unspecified atom stereocenters. The van der Waals surface area contributed by atoms with E-state index in [9.17, 15) is 27.2 Å².